The Morgan fingerprint density at radius 2 is 1.21 bits per heavy atom. The quantitative estimate of drug-likeness (QED) is 0.165. The Morgan fingerprint density at radius 1 is 0.794 bits per heavy atom. The number of carbonyl (C=O) groups excluding carboxylic acids is 1. The van der Waals surface area contributed by atoms with E-state index in [-0.39, 0.29) is 26.4 Å². The van der Waals surface area contributed by atoms with Crippen molar-refractivity contribution in [3.63, 3.8) is 0 Å². The molecule has 1 rings (SSSR count). The molecule has 0 bridgehead atoms. The van der Waals surface area contributed by atoms with Gasteiger partial charge in [0.25, 0.3) is 0 Å². The molecule has 0 spiro atoms. The Kier molecular flexibility index (Phi) is 11.0. The molecule has 1 aromatic carbocycles. The molecule has 0 aromatic heterocycles. The van der Waals surface area contributed by atoms with Crippen molar-refractivity contribution >= 4 is 49.6 Å². The summed E-state index contributed by atoms with van der Waals surface area (Å²) >= 11 is 0. The van der Waals surface area contributed by atoms with Gasteiger partial charge < -0.3 is 27.5 Å². The minimum absolute atomic E-state index is 0.0786. The lowest BCUT2D eigenvalue weighted by molar-refractivity contribution is -0.138. The zero-order valence-corrected chi connectivity index (χ0v) is 26.7. The van der Waals surface area contributed by atoms with E-state index >= 15 is 0 Å². The molecule has 0 saturated carbocycles. The summed E-state index contributed by atoms with van der Waals surface area (Å²) in [4.78, 5) is 11.4. The highest BCUT2D eigenvalue weighted by Crippen LogP contribution is 2.26. The van der Waals surface area contributed by atoms with Gasteiger partial charge in [0.1, 0.15) is 31.3 Å². The second-order valence-corrected chi connectivity index (χ2v) is 28.3. The number of hydrogen-bond acceptors (Lipinski definition) is 7. The van der Waals surface area contributed by atoms with Crippen molar-refractivity contribution in [2.24, 2.45) is 0 Å². The van der Waals surface area contributed by atoms with Crippen molar-refractivity contribution in [3.05, 3.63) is 24.8 Å². The van der Waals surface area contributed by atoms with E-state index in [1.165, 1.54) is 0 Å². The van der Waals surface area contributed by atoms with Gasteiger partial charge in [-0.3, -0.25) is 0 Å². The molecule has 0 aliphatic rings. The molecule has 0 aliphatic heterocycles. The highest BCUT2D eigenvalue weighted by atomic mass is 28.4. The number of esters is 1. The molecule has 0 saturated heterocycles. The maximum atomic E-state index is 11.4. The van der Waals surface area contributed by atoms with Crippen molar-refractivity contribution in [2.45, 2.75) is 65.5 Å². The minimum atomic E-state index is -2.39. The molecule has 34 heavy (non-hydrogen) atoms. The lowest BCUT2D eigenvalue weighted by atomic mass is 10.3. The van der Waals surface area contributed by atoms with Gasteiger partial charge in [-0.15, -0.1) is 0 Å². The largest absolute Gasteiger partial charge is 0.491 e. The van der Waals surface area contributed by atoms with E-state index in [0.717, 1.165) is 16.4 Å². The molecule has 194 valence electrons. The van der Waals surface area contributed by atoms with Gasteiger partial charge in [0.15, 0.2) is 16.6 Å². The van der Waals surface area contributed by atoms with Crippen molar-refractivity contribution in [3.8, 4) is 11.5 Å². The van der Waals surface area contributed by atoms with Gasteiger partial charge in [-0.25, -0.2) is 4.79 Å². The summed E-state index contributed by atoms with van der Waals surface area (Å²) < 4.78 is 30.6. The van der Waals surface area contributed by atoms with E-state index in [2.05, 4.69) is 72.0 Å². The van der Waals surface area contributed by atoms with Crippen LogP contribution < -0.4 is 19.8 Å². The molecule has 7 nitrogen and oxygen atoms in total. The molecule has 11 heteroatoms. The SMILES string of the molecule is C=CC(=O)OCCOc1cc([Si](C)(C)O[Si](C)(C)C)c(OCCO)cc1[Si](C)(C)O[Si](C)(C)C. The van der Waals surface area contributed by atoms with Crippen LogP contribution in [0, 0.1) is 0 Å². The molecule has 1 aromatic rings. The molecule has 0 unspecified atom stereocenters. The first-order valence-corrected chi connectivity index (χ1v) is 24.3. The topological polar surface area (TPSA) is 83.5 Å². The van der Waals surface area contributed by atoms with Gasteiger partial charge in [0.2, 0.25) is 16.6 Å². The predicted molar refractivity (Wildman–Crippen MR) is 149 cm³/mol. The second-order valence-electron chi connectivity index (χ2n) is 11.1. The summed E-state index contributed by atoms with van der Waals surface area (Å²) in [6.45, 7) is 25.5. The molecule has 0 aliphatic carbocycles. The lowest BCUT2D eigenvalue weighted by Gasteiger charge is -2.36. The summed E-state index contributed by atoms with van der Waals surface area (Å²) in [6.07, 6.45) is 1.14. The third kappa shape index (κ3) is 10.2. The molecule has 0 atom stereocenters. The number of aliphatic hydroxyl groups is 1. The number of aliphatic hydroxyl groups excluding tert-OH is 1. The van der Waals surface area contributed by atoms with E-state index in [1.54, 1.807) is 0 Å². The van der Waals surface area contributed by atoms with Crippen molar-refractivity contribution in [1.29, 1.82) is 0 Å². The standard InChI is InChI=1S/C23H44O7Si4/c1-12-23(25)28-16-15-27-20-18-21(33(8,9)29-31(2,3)4)19(26-14-13-24)17-22(20)34(10,11)30-32(5,6)7/h12,17-18,24H,1,13-16H2,2-11H3. The van der Waals surface area contributed by atoms with Crippen LogP contribution in [0.3, 0.4) is 0 Å². The van der Waals surface area contributed by atoms with E-state index < -0.39 is 39.2 Å². The number of rotatable bonds is 14. The average Bonchev–Trinajstić information content (AvgIpc) is 2.65. The zero-order valence-electron chi connectivity index (χ0n) is 22.7. The van der Waals surface area contributed by atoms with Gasteiger partial charge in [0.05, 0.1) is 6.61 Å². The fraction of sp³-hybridized carbons (Fsp3) is 0.609. The first-order valence-electron chi connectivity index (χ1n) is 11.7. The van der Waals surface area contributed by atoms with Crippen LogP contribution in [0.15, 0.2) is 24.8 Å². The smallest absolute Gasteiger partial charge is 0.330 e. The highest BCUT2D eigenvalue weighted by molar-refractivity contribution is 6.94. The number of hydrogen-bond donors (Lipinski definition) is 1. The van der Waals surface area contributed by atoms with Crippen molar-refractivity contribution < 1.29 is 32.3 Å². The van der Waals surface area contributed by atoms with Crippen LogP contribution in [-0.2, 0) is 17.8 Å². The Hall–Kier alpha value is -1.22. The molecular formula is C23H44O7Si4. The number of carbonyl (C=O) groups is 1. The van der Waals surface area contributed by atoms with E-state index in [0.29, 0.717) is 11.5 Å². The predicted octanol–water partition coefficient (Wildman–Crippen LogP) is 3.69. The summed E-state index contributed by atoms with van der Waals surface area (Å²) in [5.74, 6) is 0.936. The van der Waals surface area contributed by atoms with Crippen LogP contribution in [0.4, 0.5) is 0 Å². The molecule has 1 N–H and O–H groups in total. The first kappa shape index (κ1) is 30.8. The van der Waals surface area contributed by atoms with Crippen LogP contribution in [-0.4, -0.2) is 70.8 Å². The third-order valence-corrected chi connectivity index (χ3v) is 17.0. The molecule has 0 amide bonds. The fourth-order valence-electron chi connectivity index (χ4n) is 3.89. The van der Waals surface area contributed by atoms with E-state index in [1.807, 2.05) is 12.1 Å². The average molecular weight is 545 g/mol. The van der Waals surface area contributed by atoms with Crippen molar-refractivity contribution in [2.75, 3.05) is 26.4 Å². The maximum Gasteiger partial charge on any atom is 0.330 e. The molecule has 0 heterocycles. The fourth-order valence-corrected chi connectivity index (χ4v) is 19.4. The first-order chi connectivity index (χ1) is 15.4. The van der Waals surface area contributed by atoms with Gasteiger partial charge in [-0.1, -0.05) is 6.58 Å². The molecule has 0 radical (unpaired) electrons. The summed E-state index contributed by atoms with van der Waals surface area (Å²) in [5, 5.41) is 11.4. The summed E-state index contributed by atoms with van der Waals surface area (Å²) in [7, 11) is -8.46. The Morgan fingerprint density at radius 3 is 1.56 bits per heavy atom. The Labute approximate surface area is 209 Å². The van der Waals surface area contributed by atoms with Gasteiger partial charge in [-0.2, -0.15) is 0 Å². The van der Waals surface area contributed by atoms with Crippen molar-refractivity contribution in [1.82, 2.24) is 0 Å². The second kappa shape index (κ2) is 12.1. The minimum Gasteiger partial charge on any atom is -0.491 e. The summed E-state index contributed by atoms with van der Waals surface area (Å²) in [5.41, 5.74) is 0. The highest BCUT2D eigenvalue weighted by Gasteiger charge is 2.39. The van der Waals surface area contributed by atoms with Crippen LogP contribution in [0.25, 0.3) is 0 Å². The monoisotopic (exact) mass is 544 g/mol. The number of ether oxygens (including phenoxy) is 3. The normalized spacial score (nSPS) is 12.9. The molecular weight excluding hydrogens is 501 g/mol. The maximum absolute atomic E-state index is 11.4. The van der Waals surface area contributed by atoms with E-state index in [4.69, 9.17) is 22.4 Å². The molecule has 0 fully saturated rings. The van der Waals surface area contributed by atoms with Crippen LogP contribution in [0.1, 0.15) is 0 Å². The Balaban J connectivity index is 3.59. The third-order valence-electron chi connectivity index (χ3n) is 4.60. The van der Waals surface area contributed by atoms with Crippen LogP contribution in [0.2, 0.25) is 65.5 Å². The lowest BCUT2D eigenvalue weighted by Crippen LogP contribution is -2.55. The van der Waals surface area contributed by atoms with Crippen LogP contribution >= 0.6 is 0 Å². The Bertz CT molecular complexity index is 843. The van der Waals surface area contributed by atoms with Crippen LogP contribution in [0.5, 0.6) is 11.5 Å². The number of benzene rings is 1. The van der Waals surface area contributed by atoms with E-state index in [9.17, 15) is 9.90 Å². The van der Waals surface area contributed by atoms with Gasteiger partial charge >= 0.3 is 5.97 Å². The van der Waals surface area contributed by atoms with Gasteiger partial charge in [-0.05, 0) is 77.6 Å². The van der Waals surface area contributed by atoms with Gasteiger partial charge in [0, 0.05) is 16.4 Å². The zero-order chi connectivity index (χ0) is 26.4. The summed E-state index contributed by atoms with van der Waals surface area (Å²) in [6, 6.07) is 4.04.